The number of amides is 3. The molecule has 0 unspecified atom stereocenters. The molecule has 0 fully saturated rings. The van der Waals surface area contributed by atoms with Crippen molar-refractivity contribution in [3.05, 3.63) is 90.0 Å². The van der Waals surface area contributed by atoms with E-state index >= 15 is 0 Å². The van der Waals surface area contributed by atoms with Crippen LogP contribution in [0.25, 0.3) is 0 Å². The van der Waals surface area contributed by atoms with Crippen LogP contribution in [-0.4, -0.2) is 30.8 Å². The summed E-state index contributed by atoms with van der Waals surface area (Å²) in [5.41, 5.74) is 3.63. The molecule has 0 bridgehead atoms. The second-order valence-corrected chi connectivity index (χ2v) is 7.45. The van der Waals surface area contributed by atoms with Gasteiger partial charge in [0.05, 0.1) is 6.54 Å². The number of hydrogen-bond donors (Lipinski definition) is 4. The maximum Gasteiger partial charge on any atom is 0.251 e. The Hall–Kier alpha value is -4.13. The predicted molar refractivity (Wildman–Crippen MR) is 131 cm³/mol. The standard InChI is InChI=1S/C26H28N4O3/c1-2-27-26(33)20-9-6-10-23(17-20)28-18-25(32)30-22-14-12-21(13-15-22)29-24(31)16-11-19-7-4-3-5-8-19/h3-10,12-15,17,28H,2,11,16,18H2,1H3,(H,27,33)(H,29,31)(H,30,32). The molecule has 4 N–H and O–H groups in total. The van der Waals surface area contributed by atoms with Gasteiger partial charge in [-0.05, 0) is 61.4 Å². The van der Waals surface area contributed by atoms with Crippen molar-refractivity contribution in [2.45, 2.75) is 19.8 Å². The number of anilines is 3. The fourth-order valence-corrected chi connectivity index (χ4v) is 3.18. The maximum atomic E-state index is 12.3. The number of nitrogens with one attached hydrogen (secondary N) is 4. The zero-order valence-corrected chi connectivity index (χ0v) is 18.6. The van der Waals surface area contributed by atoms with Crippen LogP contribution < -0.4 is 21.3 Å². The molecule has 0 aliphatic rings. The highest BCUT2D eigenvalue weighted by atomic mass is 16.2. The highest BCUT2D eigenvalue weighted by Crippen LogP contribution is 2.15. The molecule has 3 amide bonds. The van der Waals surface area contributed by atoms with Crippen LogP contribution in [0.4, 0.5) is 17.1 Å². The van der Waals surface area contributed by atoms with Gasteiger partial charge in [0.25, 0.3) is 5.91 Å². The van der Waals surface area contributed by atoms with Crippen molar-refractivity contribution in [1.82, 2.24) is 5.32 Å². The monoisotopic (exact) mass is 444 g/mol. The second kappa shape index (κ2) is 12.0. The Morgan fingerprint density at radius 1 is 0.727 bits per heavy atom. The van der Waals surface area contributed by atoms with Crippen molar-refractivity contribution >= 4 is 34.8 Å². The van der Waals surface area contributed by atoms with Gasteiger partial charge in [0, 0.05) is 35.6 Å². The second-order valence-electron chi connectivity index (χ2n) is 7.45. The normalized spacial score (nSPS) is 10.2. The molecule has 0 aliphatic heterocycles. The van der Waals surface area contributed by atoms with Crippen molar-refractivity contribution in [2.24, 2.45) is 0 Å². The summed E-state index contributed by atoms with van der Waals surface area (Å²) in [5, 5.41) is 11.4. The number of hydrogen-bond acceptors (Lipinski definition) is 4. The van der Waals surface area contributed by atoms with Crippen LogP contribution in [0.2, 0.25) is 0 Å². The Kier molecular flexibility index (Phi) is 8.59. The molecule has 170 valence electrons. The van der Waals surface area contributed by atoms with Gasteiger partial charge in [0.1, 0.15) is 0 Å². The summed E-state index contributed by atoms with van der Waals surface area (Å²) in [5.74, 6) is -0.439. The summed E-state index contributed by atoms with van der Waals surface area (Å²) >= 11 is 0. The van der Waals surface area contributed by atoms with Crippen molar-refractivity contribution in [2.75, 3.05) is 29.0 Å². The van der Waals surface area contributed by atoms with Crippen LogP contribution in [0.3, 0.4) is 0 Å². The van der Waals surface area contributed by atoms with Crippen LogP contribution in [0.15, 0.2) is 78.9 Å². The quantitative estimate of drug-likeness (QED) is 0.379. The average molecular weight is 445 g/mol. The fourth-order valence-electron chi connectivity index (χ4n) is 3.18. The molecule has 0 saturated heterocycles. The largest absolute Gasteiger partial charge is 0.376 e. The molecular weight excluding hydrogens is 416 g/mol. The Balaban J connectivity index is 1.44. The molecule has 0 atom stereocenters. The fraction of sp³-hybridized carbons (Fsp3) is 0.192. The number of aryl methyl sites for hydroxylation is 1. The first-order valence-corrected chi connectivity index (χ1v) is 10.9. The Morgan fingerprint density at radius 3 is 2.06 bits per heavy atom. The van der Waals surface area contributed by atoms with E-state index in [2.05, 4.69) is 21.3 Å². The van der Waals surface area contributed by atoms with Gasteiger partial charge in [-0.1, -0.05) is 36.4 Å². The van der Waals surface area contributed by atoms with Crippen molar-refractivity contribution in [3.8, 4) is 0 Å². The van der Waals surface area contributed by atoms with Crippen LogP contribution in [-0.2, 0) is 16.0 Å². The number of rotatable bonds is 10. The molecule has 0 radical (unpaired) electrons. The molecular formula is C26H28N4O3. The van der Waals surface area contributed by atoms with Gasteiger partial charge in [-0.3, -0.25) is 14.4 Å². The summed E-state index contributed by atoms with van der Waals surface area (Å²) in [4.78, 5) is 36.4. The van der Waals surface area contributed by atoms with Gasteiger partial charge < -0.3 is 21.3 Å². The third-order valence-electron chi connectivity index (χ3n) is 4.85. The lowest BCUT2D eigenvalue weighted by atomic mass is 10.1. The number of benzene rings is 3. The summed E-state index contributed by atoms with van der Waals surface area (Å²) < 4.78 is 0. The van der Waals surface area contributed by atoms with Gasteiger partial charge in [-0.2, -0.15) is 0 Å². The molecule has 0 aliphatic carbocycles. The zero-order valence-electron chi connectivity index (χ0n) is 18.6. The van der Waals surface area contributed by atoms with Gasteiger partial charge in [-0.15, -0.1) is 0 Å². The molecule has 7 nitrogen and oxygen atoms in total. The van der Waals surface area contributed by atoms with E-state index in [0.29, 0.717) is 42.0 Å². The molecule has 33 heavy (non-hydrogen) atoms. The molecule has 0 aromatic heterocycles. The summed E-state index contributed by atoms with van der Waals surface area (Å²) in [7, 11) is 0. The summed E-state index contributed by atoms with van der Waals surface area (Å²) in [6, 6.07) is 23.8. The topological polar surface area (TPSA) is 99.3 Å². The minimum atomic E-state index is -0.224. The average Bonchev–Trinajstić information content (AvgIpc) is 2.84. The van der Waals surface area contributed by atoms with Gasteiger partial charge in [0.15, 0.2) is 0 Å². The summed E-state index contributed by atoms with van der Waals surface area (Å²) in [6.07, 6.45) is 1.08. The highest BCUT2D eigenvalue weighted by molar-refractivity contribution is 5.96. The first-order valence-electron chi connectivity index (χ1n) is 10.9. The van der Waals surface area contributed by atoms with Crippen molar-refractivity contribution in [1.29, 1.82) is 0 Å². The Labute approximate surface area is 193 Å². The molecule has 3 aromatic carbocycles. The lowest BCUT2D eigenvalue weighted by Crippen LogP contribution is -2.23. The predicted octanol–water partition coefficient (Wildman–Crippen LogP) is 4.06. The van der Waals surface area contributed by atoms with E-state index in [1.165, 1.54) is 0 Å². The molecule has 0 spiro atoms. The first-order chi connectivity index (χ1) is 16.0. The lowest BCUT2D eigenvalue weighted by molar-refractivity contribution is -0.116. The van der Waals surface area contributed by atoms with E-state index in [4.69, 9.17) is 0 Å². The van der Waals surface area contributed by atoms with E-state index < -0.39 is 0 Å². The third-order valence-corrected chi connectivity index (χ3v) is 4.85. The van der Waals surface area contributed by atoms with Gasteiger partial charge in [-0.25, -0.2) is 0 Å². The number of carbonyl (C=O) groups excluding carboxylic acids is 3. The molecule has 3 rings (SSSR count). The van der Waals surface area contributed by atoms with E-state index in [0.717, 1.165) is 5.56 Å². The van der Waals surface area contributed by atoms with Gasteiger partial charge >= 0.3 is 0 Å². The van der Waals surface area contributed by atoms with Crippen LogP contribution in [0.5, 0.6) is 0 Å². The Morgan fingerprint density at radius 2 is 1.39 bits per heavy atom. The molecule has 0 heterocycles. The van der Waals surface area contributed by atoms with E-state index in [1.54, 1.807) is 48.5 Å². The van der Waals surface area contributed by atoms with Crippen molar-refractivity contribution < 1.29 is 14.4 Å². The zero-order chi connectivity index (χ0) is 23.5. The third kappa shape index (κ3) is 7.81. The smallest absolute Gasteiger partial charge is 0.251 e. The van der Waals surface area contributed by atoms with E-state index in [1.807, 2.05) is 37.3 Å². The number of carbonyl (C=O) groups is 3. The van der Waals surface area contributed by atoms with Crippen LogP contribution in [0, 0.1) is 0 Å². The minimum Gasteiger partial charge on any atom is -0.376 e. The SMILES string of the molecule is CCNC(=O)c1cccc(NCC(=O)Nc2ccc(NC(=O)CCc3ccccc3)cc2)c1. The van der Waals surface area contributed by atoms with Crippen molar-refractivity contribution in [3.63, 3.8) is 0 Å². The lowest BCUT2D eigenvalue weighted by Gasteiger charge is -2.10. The van der Waals surface area contributed by atoms with E-state index in [9.17, 15) is 14.4 Å². The summed E-state index contributed by atoms with van der Waals surface area (Å²) in [6.45, 7) is 2.46. The Bertz CT molecular complexity index is 1080. The van der Waals surface area contributed by atoms with Crippen LogP contribution in [0.1, 0.15) is 29.3 Å². The van der Waals surface area contributed by atoms with E-state index in [-0.39, 0.29) is 24.3 Å². The minimum absolute atomic E-state index is 0.0524. The highest BCUT2D eigenvalue weighted by Gasteiger charge is 2.07. The molecule has 7 heteroatoms. The van der Waals surface area contributed by atoms with Crippen LogP contribution >= 0.6 is 0 Å². The van der Waals surface area contributed by atoms with Gasteiger partial charge in [0.2, 0.25) is 11.8 Å². The maximum absolute atomic E-state index is 12.3. The molecule has 3 aromatic rings. The molecule has 0 saturated carbocycles. The first kappa shape index (κ1) is 23.5.